The Labute approximate surface area is 229 Å². The molecule has 40 heavy (non-hydrogen) atoms. The number of amides is 2. The zero-order chi connectivity index (χ0) is 27.7. The quantitative estimate of drug-likeness (QED) is 0.257. The molecule has 0 aliphatic heterocycles. The number of aromatic nitrogens is 6. The summed E-state index contributed by atoms with van der Waals surface area (Å²) in [6.07, 6.45) is 7.64. The van der Waals surface area contributed by atoms with Gasteiger partial charge < -0.3 is 21.1 Å². The van der Waals surface area contributed by atoms with E-state index in [1.807, 2.05) is 54.6 Å². The molecule has 12 heteroatoms. The standard InChI is InChI=1S/C28H25N9O3/c29-26-25(27(38)36-23-14-30-12-11-24(23)37-18-31-17-34-37)35-22(15-33-26)21-8-6-19(7-9-21)10-13-32-28(39)40-16-20-4-2-1-3-5-20/h1-9,11-12,14-15,17-18H,10,13,16H2,(H2,29,33)(H,32,39)(H,36,38). The van der Waals surface area contributed by atoms with Gasteiger partial charge >= 0.3 is 6.09 Å². The summed E-state index contributed by atoms with van der Waals surface area (Å²) in [5.41, 5.74) is 10.1. The van der Waals surface area contributed by atoms with Crippen LogP contribution in [0.2, 0.25) is 0 Å². The highest BCUT2D eigenvalue weighted by atomic mass is 16.5. The third-order valence-electron chi connectivity index (χ3n) is 5.87. The van der Waals surface area contributed by atoms with Crippen molar-refractivity contribution in [3.63, 3.8) is 0 Å². The number of rotatable bonds is 9. The van der Waals surface area contributed by atoms with E-state index in [2.05, 4.69) is 35.7 Å². The zero-order valence-electron chi connectivity index (χ0n) is 21.3. The van der Waals surface area contributed by atoms with Gasteiger partial charge in [0.15, 0.2) is 11.5 Å². The molecule has 5 rings (SSSR count). The van der Waals surface area contributed by atoms with Crippen molar-refractivity contribution in [2.45, 2.75) is 13.0 Å². The number of nitrogens with two attached hydrogens (primary N) is 1. The Bertz CT molecular complexity index is 1590. The zero-order valence-corrected chi connectivity index (χ0v) is 21.3. The second-order valence-corrected chi connectivity index (χ2v) is 8.61. The Morgan fingerprint density at radius 2 is 1.77 bits per heavy atom. The van der Waals surface area contributed by atoms with E-state index in [0.717, 1.165) is 16.7 Å². The van der Waals surface area contributed by atoms with E-state index in [0.29, 0.717) is 30.0 Å². The van der Waals surface area contributed by atoms with E-state index in [4.69, 9.17) is 10.5 Å². The molecule has 0 radical (unpaired) electrons. The number of nitrogens with one attached hydrogen (secondary N) is 2. The van der Waals surface area contributed by atoms with Crippen molar-refractivity contribution in [1.29, 1.82) is 0 Å². The molecule has 0 spiro atoms. The number of pyridine rings is 1. The molecule has 0 saturated heterocycles. The van der Waals surface area contributed by atoms with E-state index >= 15 is 0 Å². The van der Waals surface area contributed by atoms with Crippen LogP contribution >= 0.6 is 0 Å². The first-order chi connectivity index (χ1) is 19.6. The molecule has 0 saturated carbocycles. The molecular weight excluding hydrogens is 510 g/mol. The van der Waals surface area contributed by atoms with Gasteiger partial charge in [-0.05, 0) is 23.6 Å². The van der Waals surface area contributed by atoms with E-state index in [1.165, 1.54) is 29.7 Å². The Kier molecular flexibility index (Phi) is 7.96. The van der Waals surface area contributed by atoms with Crippen molar-refractivity contribution in [1.82, 2.24) is 35.0 Å². The summed E-state index contributed by atoms with van der Waals surface area (Å²) >= 11 is 0. The largest absolute Gasteiger partial charge is 0.445 e. The van der Waals surface area contributed by atoms with Crippen molar-refractivity contribution in [2.75, 3.05) is 17.6 Å². The fourth-order valence-electron chi connectivity index (χ4n) is 3.83. The fraction of sp³-hybridized carbons (Fsp3) is 0.107. The summed E-state index contributed by atoms with van der Waals surface area (Å²) in [5.74, 6) is -0.544. The molecule has 4 N–H and O–H groups in total. The number of benzene rings is 2. The maximum absolute atomic E-state index is 13.1. The van der Waals surface area contributed by atoms with Crippen LogP contribution < -0.4 is 16.4 Å². The minimum atomic E-state index is -0.539. The summed E-state index contributed by atoms with van der Waals surface area (Å²) in [6.45, 7) is 0.638. The average Bonchev–Trinajstić information content (AvgIpc) is 3.53. The van der Waals surface area contributed by atoms with Crippen LogP contribution in [0.3, 0.4) is 0 Å². The van der Waals surface area contributed by atoms with Crippen molar-refractivity contribution >= 4 is 23.5 Å². The number of hydrogen-bond acceptors (Lipinski definition) is 9. The number of carbonyl (C=O) groups excluding carboxylic acids is 2. The van der Waals surface area contributed by atoms with Crippen LogP contribution in [0, 0.1) is 0 Å². The first-order valence-corrected chi connectivity index (χ1v) is 12.3. The lowest BCUT2D eigenvalue weighted by Crippen LogP contribution is -2.26. The SMILES string of the molecule is Nc1ncc(-c2ccc(CCNC(=O)OCc3ccccc3)cc2)nc1C(=O)Nc1cnccc1-n1cncn1. The Hall–Kier alpha value is -5.65. The monoisotopic (exact) mass is 535 g/mol. The highest BCUT2D eigenvalue weighted by molar-refractivity contribution is 6.06. The van der Waals surface area contributed by atoms with E-state index in [1.54, 1.807) is 12.3 Å². The lowest BCUT2D eigenvalue weighted by molar-refractivity contribution is 0.102. The first kappa shape index (κ1) is 26.0. The van der Waals surface area contributed by atoms with Crippen LogP contribution in [0.4, 0.5) is 16.3 Å². The predicted molar refractivity (Wildman–Crippen MR) is 147 cm³/mol. The molecule has 0 atom stereocenters. The fourth-order valence-corrected chi connectivity index (χ4v) is 3.83. The third-order valence-corrected chi connectivity index (χ3v) is 5.87. The summed E-state index contributed by atoms with van der Waals surface area (Å²) in [7, 11) is 0. The van der Waals surface area contributed by atoms with Gasteiger partial charge in [0.1, 0.15) is 19.3 Å². The molecule has 0 aliphatic rings. The number of anilines is 2. The topological polar surface area (TPSA) is 163 Å². The predicted octanol–water partition coefficient (Wildman–Crippen LogP) is 3.42. The molecule has 3 heterocycles. The number of nitrogen functional groups attached to an aromatic ring is 1. The highest BCUT2D eigenvalue weighted by Gasteiger charge is 2.17. The minimum absolute atomic E-state index is 0.00529. The summed E-state index contributed by atoms with van der Waals surface area (Å²) in [6, 6.07) is 18.8. The molecule has 5 aromatic rings. The van der Waals surface area contributed by atoms with Gasteiger partial charge in [-0.25, -0.2) is 24.4 Å². The van der Waals surface area contributed by atoms with Crippen LogP contribution in [-0.4, -0.2) is 48.3 Å². The van der Waals surface area contributed by atoms with E-state index in [-0.39, 0.29) is 18.1 Å². The lowest BCUT2D eigenvalue weighted by atomic mass is 10.1. The van der Waals surface area contributed by atoms with E-state index in [9.17, 15) is 9.59 Å². The maximum Gasteiger partial charge on any atom is 0.407 e. The smallest absolute Gasteiger partial charge is 0.407 e. The number of hydrogen-bond donors (Lipinski definition) is 3. The molecule has 2 amide bonds. The molecule has 200 valence electrons. The average molecular weight is 536 g/mol. The van der Waals surface area contributed by atoms with Crippen molar-refractivity contribution in [3.05, 3.63) is 109 Å². The van der Waals surface area contributed by atoms with Gasteiger partial charge in [0.25, 0.3) is 5.91 Å². The normalized spacial score (nSPS) is 10.6. The van der Waals surface area contributed by atoms with Gasteiger partial charge in [-0.3, -0.25) is 9.78 Å². The summed E-state index contributed by atoms with van der Waals surface area (Å²) in [4.78, 5) is 41.7. The van der Waals surface area contributed by atoms with Crippen LogP contribution in [0.25, 0.3) is 16.9 Å². The Morgan fingerprint density at radius 1 is 0.950 bits per heavy atom. The Morgan fingerprint density at radius 3 is 2.55 bits per heavy atom. The third kappa shape index (κ3) is 6.42. The number of ether oxygens (including phenoxy) is 1. The number of alkyl carbamates (subject to hydrolysis) is 1. The second kappa shape index (κ2) is 12.3. The van der Waals surface area contributed by atoms with Gasteiger partial charge in [0.05, 0.1) is 29.5 Å². The summed E-state index contributed by atoms with van der Waals surface area (Å²) in [5, 5.41) is 9.63. The minimum Gasteiger partial charge on any atom is -0.445 e. The number of nitrogens with zero attached hydrogens (tertiary/aromatic N) is 6. The summed E-state index contributed by atoms with van der Waals surface area (Å²) < 4.78 is 6.73. The van der Waals surface area contributed by atoms with Crippen molar-refractivity contribution in [2.24, 2.45) is 0 Å². The molecule has 3 aromatic heterocycles. The van der Waals surface area contributed by atoms with Gasteiger partial charge in [0, 0.05) is 18.3 Å². The van der Waals surface area contributed by atoms with Gasteiger partial charge in [-0.15, -0.1) is 0 Å². The molecule has 0 bridgehead atoms. The van der Waals surface area contributed by atoms with Crippen LogP contribution in [0.5, 0.6) is 0 Å². The van der Waals surface area contributed by atoms with Gasteiger partial charge in [0.2, 0.25) is 0 Å². The first-order valence-electron chi connectivity index (χ1n) is 12.3. The number of carbonyl (C=O) groups is 2. The molecule has 0 fully saturated rings. The lowest BCUT2D eigenvalue weighted by Gasteiger charge is -2.11. The van der Waals surface area contributed by atoms with Gasteiger partial charge in [-0.1, -0.05) is 54.6 Å². The highest BCUT2D eigenvalue weighted by Crippen LogP contribution is 2.22. The van der Waals surface area contributed by atoms with Crippen molar-refractivity contribution in [3.8, 4) is 16.9 Å². The van der Waals surface area contributed by atoms with Crippen LogP contribution in [-0.2, 0) is 17.8 Å². The van der Waals surface area contributed by atoms with Gasteiger partial charge in [-0.2, -0.15) is 5.10 Å². The molecule has 0 unspecified atom stereocenters. The maximum atomic E-state index is 13.1. The molecular formula is C28H25N9O3. The molecule has 2 aromatic carbocycles. The van der Waals surface area contributed by atoms with Crippen LogP contribution in [0.15, 0.2) is 91.9 Å². The van der Waals surface area contributed by atoms with E-state index < -0.39 is 12.0 Å². The molecule has 12 nitrogen and oxygen atoms in total. The van der Waals surface area contributed by atoms with Crippen molar-refractivity contribution < 1.29 is 14.3 Å². The van der Waals surface area contributed by atoms with Crippen LogP contribution in [0.1, 0.15) is 21.6 Å². The molecule has 0 aliphatic carbocycles. The Balaban J connectivity index is 1.19. The second-order valence-electron chi connectivity index (χ2n) is 8.61.